The maximum atomic E-state index is 3.77. The molecule has 0 radical (unpaired) electrons. The van der Waals surface area contributed by atoms with Gasteiger partial charge in [0.2, 0.25) is 0 Å². The molecule has 1 rings (SSSR count). The molecule has 1 N–H and O–H groups in total. The van der Waals surface area contributed by atoms with Crippen molar-refractivity contribution in [2.24, 2.45) is 17.3 Å². The van der Waals surface area contributed by atoms with Crippen LogP contribution >= 0.6 is 0 Å². The van der Waals surface area contributed by atoms with Gasteiger partial charge in [0, 0.05) is 6.04 Å². The Morgan fingerprint density at radius 1 is 1.11 bits per heavy atom. The van der Waals surface area contributed by atoms with Crippen molar-refractivity contribution in [1.29, 1.82) is 0 Å². The van der Waals surface area contributed by atoms with Gasteiger partial charge < -0.3 is 5.32 Å². The van der Waals surface area contributed by atoms with Gasteiger partial charge in [-0.2, -0.15) is 0 Å². The van der Waals surface area contributed by atoms with Gasteiger partial charge in [0.05, 0.1) is 0 Å². The summed E-state index contributed by atoms with van der Waals surface area (Å²) in [7, 11) is 0. The van der Waals surface area contributed by atoms with E-state index in [2.05, 4.69) is 39.9 Å². The maximum absolute atomic E-state index is 3.77. The summed E-state index contributed by atoms with van der Waals surface area (Å²) in [6, 6.07) is 0.689. The van der Waals surface area contributed by atoms with Crippen LogP contribution in [0.5, 0.6) is 0 Å². The minimum Gasteiger partial charge on any atom is -0.313 e. The second kappa shape index (κ2) is 8.29. The molecule has 3 unspecified atom stereocenters. The van der Waals surface area contributed by atoms with Gasteiger partial charge in [-0.15, -0.1) is 0 Å². The van der Waals surface area contributed by atoms with E-state index in [1.807, 2.05) is 0 Å². The SMILES string of the molecule is CCCNC(CCC1CCCC(CC)C1)C(C)(C)C. The lowest BCUT2D eigenvalue weighted by atomic mass is 9.76. The first-order chi connectivity index (χ1) is 8.97. The highest BCUT2D eigenvalue weighted by atomic mass is 14.9. The van der Waals surface area contributed by atoms with Gasteiger partial charge in [-0.1, -0.05) is 60.3 Å². The highest BCUT2D eigenvalue weighted by molar-refractivity contribution is 4.82. The van der Waals surface area contributed by atoms with Crippen molar-refractivity contribution in [3.8, 4) is 0 Å². The number of hydrogen-bond donors (Lipinski definition) is 1. The van der Waals surface area contributed by atoms with Gasteiger partial charge in [-0.25, -0.2) is 0 Å². The molecule has 0 aromatic rings. The third-order valence-corrected chi connectivity index (χ3v) is 5.02. The third kappa shape index (κ3) is 6.29. The Balaban J connectivity index is 2.38. The molecule has 0 heterocycles. The predicted molar refractivity (Wildman–Crippen MR) is 86.5 cm³/mol. The zero-order chi connectivity index (χ0) is 14.3. The Morgan fingerprint density at radius 2 is 1.79 bits per heavy atom. The summed E-state index contributed by atoms with van der Waals surface area (Å²) < 4.78 is 0. The van der Waals surface area contributed by atoms with Crippen molar-refractivity contribution in [2.75, 3.05) is 6.54 Å². The normalized spacial score (nSPS) is 26.4. The number of hydrogen-bond acceptors (Lipinski definition) is 1. The fourth-order valence-electron chi connectivity index (χ4n) is 3.60. The molecule has 0 aromatic carbocycles. The molecule has 1 nitrogen and oxygen atoms in total. The van der Waals surface area contributed by atoms with Crippen LogP contribution in [0.2, 0.25) is 0 Å². The van der Waals surface area contributed by atoms with Gasteiger partial charge >= 0.3 is 0 Å². The average Bonchev–Trinajstić information content (AvgIpc) is 2.37. The molecule has 0 amide bonds. The minimum absolute atomic E-state index is 0.397. The number of rotatable bonds is 7. The van der Waals surface area contributed by atoms with Crippen LogP contribution in [0.1, 0.15) is 86.0 Å². The Kier molecular flexibility index (Phi) is 7.42. The van der Waals surface area contributed by atoms with Crippen molar-refractivity contribution >= 4 is 0 Å². The molecular weight excluding hydrogens is 230 g/mol. The summed E-state index contributed by atoms with van der Waals surface area (Å²) in [5.74, 6) is 2.03. The lowest BCUT2D eigenvalue weighted by Crippen LogP contribution is -2.41. The molecule has 114 valence electrons. The van der Waals surface area contributed by atoms with Crippen LogP contribution in [0, 0.1) is 17.3 Å². The summed E-state index contributed by atoms with van der Waals surface area (Å²) in [6.45, 7) is 13.0. The first-order valence-electron chi connectivity index (χ1n) is 8.70. The molecule has 0 aliphatic heterocycles. The topological polar surface area (TPSA) is 12.0 Å². The van der Waals surface area contributed by atoms with Crippen LogP contribution < -0.4 is 5.32 Å². The molecule has 0 saturated heterocycles. The minimum atomic E-state index is 0.397. The molecule has 0 bridgehead atoms. The van der Waals surface area contributed by atoms with Gasteiger partial charge in [0.1, 0.15) is 0 Å². The largest absolute Gasteiger partial charge is 0.313 e. The summed E-state index contributed by atoms with van der Waals surface area (Å²) >= 11 is 0. The molecular formula is C18H37N. The molecule has 19 heavy (non-hydrogen) atoms. The predicted octanol–water partition coefficient (Wildman–Crippen LogP) is 5.40. The van der Waals surface area contributed by atoms with E-state index in [-0.39, 0.29) is 0 Å². The van der Waals surface area contributed by atoms with Crippen LogP contribution in [-0.4, -0.2) is 12.6 Å². The van der Waals surface area contributed by atoms with Crippen molar-refractivity contribution in [2.45, 2.75) is 92.0 Å². The second-order valence-corrected chi connectivity index (χ2v) is 7.76. The summed E-state index contributed by atoms with van der Waals surface area (Å²) in [5.41, 5.74) is 0.397. The van der Waals surface area contributed by atoms with E-state index in [0.717, 1.165) is 11.8 Å². The first-order valence-corrected chi connectivity index (χ1v) is 8.70. The van der Waals surface area contributed by atoms with Crippen LogP contribution in [0.4, 0.5) is 0 Å². The molecule has 1 fully saturated rings. The molecule has 0 spiro atoms. The van der Waals surface area contributed by atoms with E-state index < -0.39 is 0 Å². The lowest BCUT2D eigenvalue weighted by Gasteiger charge is -2.34. The molecule has 1 aliphatic carbocycles. The highest BCUT2D eigenvalue weighted by Crippen LogP contribution is 2.35. The van der Waals surface area contributed by atoms with E-state index in [9.17, 15) is 0 Å². The summed E-state index contributed by atoms with van der Waals surface area (Å²) in [4.78, 5) is 0. The second-order valence-electron chi connectivity index (χ2n) is 7.76. The fraction of sp³-hybridized carbons (Fsp3) is 1.00. The van der Waals surface area contributed by atoms with Crippen LogP contribution in [-0.2, 0) is 0 Å². The number of nitrogens with one attached hydrogen (secondary N) is 1. The third-order valence-electron chi connectivity index (χ3n) is 5.02. The van der Waals surface area contributed by atoms with E-state index >= 15 is 0 Å². The van der Waals surface area contributed by atoms with Crippen LogP contribution in [0.3, 0.4) is 0 Å². The van der Waals surface area contributed by atoms with Crippen LogP contribution in [0.25, 0.3) is 0 Å². The van der Waals surface area contributed by atoms with Crippen molar-refractivity contribution < 1.29 is 0 Å². The summed E-state index contributed by atoms with van der Waals surface area (Å²) in [5, 5.41) is 3.77. The Labute approximate surface area is 121 Å². The van der Waals surface area contributed by atoms with Gasteiger partial charge in [0.25, 0.3) is 0 Å². The van der Waals surface area contributed by atoms with Crippen LogP contribution in [0.15, 0.2) is 0 Å². The standard InChI is InChI=1S/C18H37N/c1-6-13-19-17(18(3,4)5)12-11-16-10-8-9-15(7-2)14-16/h15-17,19H,6-14H2,1-5H3. The van der Waals surface area contributed by atoms with Gasteiger partial charge in [-0.3, -0.25) is 0 Å². The molecule has 1 heteroatoms. The Hall–Kier alpha value is -0.0400. The Morgan fingerprint density at radius 3 is 2.37 bits per heavy atom. The van der Waals surface area contributed by atoms with E-state index in [4.69, 9.17) is 0 Å². The zero-order valence-electron chi connectivity index (χ0n) is 14.1. The van der Waals surface area contributed by atoms with Gasteiger partial charge in [-0.05, 0) is 49.5 Å². The average molecular weight is 268 g/mol. The smallest absolute Gasteiger partial charge is 0.0116 e. The summed E-state index contributed by atoms with van der Waals surface area (Å²) in [6.07, 6.45) is 11.4. The van der Waals surface area contributed by atoms with E-state index in [1.165, 1.54) is 57.9 Å². The quantitative estimate of drug-likeness (QED) is 0.651. The zero-order valence-corrected chi connectivity index (χ0v) is 14.1. The van der Waals surface area contributed by atoms with Crippen molar-refractivity contribution in [1.82, 2.24) is 5.32 Å². The monoisotopic (exact) mass is 267 g/mol. The molecule has 3 atom stereocenters. The van der Waals surface area contributed by atoms with Crippen molar-refractivity contribution in [3.05, 3.63) is 0 Å². The van der Waals surface area contributed by atoms with E-state index in [0.29, 0.717) is 11.5 Å². The maximum Gasteiger partial charge on any atom is 0.0116 e. The molecule has 1 saturated carbocycles. The van der Waals surface area contributed by atoms with Gasteiger partial charge in [0.15, 0.2) is 0 Å². The highest BCUT2D eigenvalue weighted by Gasteiger charge is 2.26. The van der Waals surface area contributed by atoms with Crippen molar-refractivity contribution in [3.63, 3.8) is 0 Å². The fourth-order valence-corrected chi connectivity index (χ4v) is 3.60. The van der Waals surface area contributed by atoms with E-state index in [1.54, 1.807) is 0 Å². The lowest BCUT2D eigenvalue weighted by molar-refractivity contribution is 0.204. The Bertz CT molecular complexity index is 228. The first kappa shape index (κ1) is 17.0. The molecule has 1 aliphatic rings. The molecule has 0 aromatic heterocycles.